The van der Waals surface area contributed by atoms with Crippen molar-refractivity contribution in [2.24, 2.45) is 0 Å². The SMILES string of the molecule is CN(C)CCCn1c(-c2ccc(Cn3cc([N+](=O)[O-])cn3)cc2)n[nH]c1=S. The molecule has 0 unspecified atom stereocenters. The molecule has 10 heteroatoms. The van der Waals surface area contributed by atoms with Gasteiger partial charge in [0.25, 0.3) is 0 Å². The Morgan fingerprint density at radius 3 is 2.67 bits per heavy atom. The van der Waals surface area contributed by atoms with E-state index in [1.165, 1.54) is 12.4 Å². The van der Waals surface area contributed by atoms with Crippen LogP contribution in [0.25, 0.3) is 11.4 Å². The van der Waals surface area contributed by atoms with Gasteiger partial charge in [0.2, 0.25) is 0 Å². The van der Waals surface area contributed by atoms with Crippen LogP contribution in [-0.2, 0) is 13.1 Å². The Morgan fingerprint density at radius 1 is 1.30 bits per heavy atom. The van der Waals surface area contributed by atoms with Crippen molar-refractivity contribution in [2.45, 2.75) is 19.5 Å². The van der Waals surface area contributed by atoms with Crippen LogP contribution in [0.1, 0.15) is 12.0 Å². The standard InChI is InChI=1S/C17H21N7O2S/c1-21(2)8-3-9-23-16(19-20-17(23)27)14-6-4-13(5-7-14)11-22-12-15(10-18-22)24(25)26/h4-7,10,12H,3,8-9,11H2,1-2H3,(H,20,27). The number of nitro groups is 1. The maximum Gasteiger partial charge on any atom is 0.307 e. The van der Waals surface area contributed by atoms with Gasteiger partial charge in [0.15, 0.2) is 10.6 Å². The first-order valence-electron chi connectivity index (χ1n) is 8.50. The third-order valence-corrected chi connectivity index (χ3v) is 4.44. The van der Waals surface area contributed by atoms with Gasteiger partial charge in [-0.3, -0.25) is 19.9 Å². The molecule has 0 spiro atoms. The summed E-state index contributed by atoms with van der Waals surface area (Å²) in [4.78, 5) is 12.4. The quantitative estimate of drug-likeness (QED) is 0.363. The summed E-state index contributed by atoms with van der Waals surface area (Å²) < 4.78 is 4.16. The van der Waals surface area contributed by atoms with E-state index in [9.17, 15) is 10.1 Å². The van der Waals surface area contributed by atoms with Crippen LogP contribution in [-0.4, -0.2) is 55.0 Å². The van der Waals surface area contributed by atoms with Crippen LogP contribution < -0.4 is 0 Å². The molecule has 0 aliphatic rings. The van der Waals surface area contributed by atoms with Crippen LogP contribution in [0.2, 0.25) is 0 Å². The van der Waals surface area contributed by atoms with E-state index in [0.29, 0.717) is 11.3 Å². The number of aromatic amines is 1. The van der Waals surface area contributed by atoms with Gasteiger partial charge in [0, 0.05) is 12.1 Å². The Labute approximate surface area is 161 Å². The molecule has 1 aromatic carbocycles. The summed E-state index contributed by atoms with van der Waals surface area (Å²) in [6.45, 7) is 2.23. The molecule has 142 valence electrons. The number of nitrogens with one attached hydrogen (secondary N) is 1. The lowest BCUT2D eigenvalue weighted by molar-refractivity contribution is -0.385. The third kappa shape index (κ3) is 4.66. The van der Waals surface area contributed by atoms with E-state index in [1.807, 2.05) is 42.9 Å². The smallest absolute Gasteiger partial charge is 0.307 e. The summed E-state index contributed by atoms with van der Waals surface area (Å²) in [7, 11) is 4.09. The van der Waals surface area contributed by atoms with Crippen molar-refractivity contribution >= 4 is 17.9 Å². The number of rotatable bonds is 8. The summed E-state index contributed by atoms with van der Waals surface area (Å²) in [5, 5.41) is 22.0. The Bertz CT molecular complexity index is 972. The zero-order valence-corrected chi connectivity index (χ0v) is 16.0. The average molecular weight is 387 g/mol. The van der Waals surface area contributed by atoms with E-state index < -0.39 is 4.92 Å². The topological polar surface area (TPSA) is 97.8 Å². The van der Waals surface area contributed by atoms with E-state index in [2.05, 4.69) is 20.2 Å². The second-order valence-corrected chi connectivity index (χ2v) is 6.90. The highest BCUT2D eigenvalue weighted by Crippen LogP contribution is 2.19. The van der Waals surface area contributed by atoms with Crippen LogP contribution in [0.5, 0.6) is 0 Å². The number of hydrogen-bond donors (Lipinski definition) is 1. The molecule has 0 saturated heterocycles. The van der Waals surface area contributed by atoms with E-state index >= 15 is 0 Å². The van der Waals surface area contributed by atoms with Crippen molar-refractivity contribution in [1.82, 2.24) is 29.4 Å². The summed E-state index contributed by atoms with van der Waals surface area (Å²) in [6, 6.07) is 7.87. The molecule has 3 rings (SSSR count). The number of aromatic nitrogens is 5. The van der Waals surface area contributed by atoms with Gasteiger partial charge < -0.3 is 9.47 Å². The fourth-order valence-corrected chi connectivity index (χ4v) is 2.99. The Hall–Kier alpha value is -2.85. The van der Waals surface area contributed by atoms with E-state index in [0.717, 1.165) is 36.5 Å². The Balaban J connectivity index is 1.73. The van der Waals surface area contributed by atoms with Crippen LogP contribution in [0.15, 0.2) is 36.7 Å². The molecule has 27 heavy (non-hydrogen) atoms. The van der Waals surface area contributed by atoms with Gasteiger partial charge in [-0.1, -0.05) is 24.3 Å². The number of benzene rings is 1. The minimum absolute atomic E-state index is 0.0140. The average Bonchev–Trinajstić information content (AvgIpc) is 3.23. The molecule has 0 amide bonds. The molecule has 0 saturated carbocycles. The predicted octanol–water partition coefficient (Wildman–Crippen LogP) is 2.71. The summed E-state index contributed by atoms with van der Waals surface area (Å²) in [5.41, 5.74) is 1.94. The molecule has 2 heterocycles. The lowest BCUT2D eigenvalue weighted by Crippen LogP contribution is -2.15. The Kier molecular flexibility index (Phi) is 5.77. The minimum Gasteiger partial charge on any atom is -0.309 e. The highest BCUT2D eigenvalue weighted by Gasteiger charge is 2.11. The number of hydrogen-bond acceptors (Lipinski definition) is 6. The van der Waals surface area contributed by atoms with E-state index in [-0.39, 0.29) is 5.69 Å². The molecular weight excluding hydrogens is 366 g/mol. The third-order valence-electron chi connectivity index (χ3n) is 4.13. The molecule has 0 aliphatic carbocycles. The van der Waals surface area contributed by atoms with Crippen molar-refractivity contribution in [1.29, 1.82) is 0 Å². The van der Waals surface area contributed by atoms with Crippen molar-refractivity contribution < 1.29 is 4.92 Å². The second-order valence-electron chi connectivity index (χ2n) is 6.51. The number of H-pyrrole nitrogens is 1. The summed E-state index contributed by atoms with van der Waals surface area (Å²) in [5.74, 6) is 0.806. The highest BCUT2D eigenvalue weighted by atomic mass is 32.1. The van der Waals surface area contributed by atoms with Gasteiger partial charge in [-0.25, -0.2) is 0 Å². The first-order valence-corrected chi connectivity index (χ1v) is 8.91. The molecule has 0 radical (unpaired) electrons. The van der Waals surface area contributed by atoms with Gasteiger partial charge in [-0.15, -0.1) is 0 Å². The van der Waals surface area contributed by atoms with Crippen LogP contribution in [0.3, 0.4) is 0 Å². The molecule has 3 aromatic rings. The lowest BCUT2D eigenvalue weighted by atomic mass is 10.1. The molecule has 9 nitrogen and oxygen atoms in total. The van der Waals surface area contributed by atoms with Gasteiger partial charge in [-0.05, 0) is 44.8 Å². The zero-order valence-electron chi connectivity index (χ0n) is 15.2. The minimum atomic E-state index is -0.453. The first-order chi connectivity index (χ1) is 12.9. The monoisotopic (exact) mass is 387 g/mol. The zero-order chi connectivity index (χ0) is 19.4. The molecule has 0 fully saturated rings. The van der Waals surface area contributed by atoms with Gasteiger partial charge >= 0.3 is 5.69 Å². The van der Waals surface area contributed by atoms with Crippen molar-refractivity contribution in [3.8, 4) is 11.4 Å². The van der Waals surface area contributed by atoms with E-state index in [4.69, 9.17) is 12.2 Å². The molecule has 0 aliphatic heterocycles. The van der Waals surface area contributed by atoms with Gasteiger partial charge in [0.05, 0.1) is 11.5 Å². The van der Waals surface area contributed by atoms with Crippen LogP contribution in [0, 0.1) is 14.9 Å². The van der Waals surface area contributed by atoms with Crippen molar-refractivity contribution in [3.05, 3.63) is 57.1 Å². The fraction of sp³-hybridized carbons (Fsp3) is 0.353. The molecular formula is C17H21N7O2S. The normalized spacial score (nSPS) is 11.2. The van der Waals surface area contributed by atoms with Crippen molar-refractivity contribution in [3.63, 3.8) is 0 Å². The highest BCUT2D eigenvalue weighted by molar-refractivity contribution is 7.71. The maximum atomic E-state index is 10.7. The second kappa shape index (κ2) is 8.23. The van der Waals surface area contributed by atoms with Crippen LogP contribution >= 0.6 is 12.2 Å². The fourth-order valence-electron chi connectivity index (χ4n) is 2.77. The number of nitrogens with zero attached hydrogens (tertiary/aromatic N) is 6. The lowest BCUT2D eigenvalue weighted by Gasteiger charge is -2.11. The molecule has 0 atom stereocenters. The predicted molar refractivity (Wildman–Crippen MR) is 104 cm³/mol. The molecule has 1 N–H and O–H groups in total. The Morgan fingerprint density at radius 2 is 2.04 bits per heavy atom. The van der Waals surface area contributed by atoms with E-state index in [1.54, 1.807) is 4.68 Å². The largest absolute Gasteiger partial charge is 0.309 e. The molecule has 2 aromatic heterocycles. The maximum absolute atomic E-state index is 10.7. The summed E-state index contributed by atoms with van der Waals surface area (Å²) >= 11 is 5.35. The molecule has 0 bridgehead atoms. The van der Waals surface area contributed by atoms with Gasteiger partial charge in [0.1, 0.15) is 12.4 Å². The van der Waals surface area contributed by atoms with Crippen molar-refractivity contribution in [2.75, 3.05) is 20.6 Å². The van der Waals surface area contributed by atoms with Crippen LogP contribution in [0.4, 0.5) is 5.69 Å². The summed E-state index contributed by atoms with van der Waals surface area (Å²) in [6.07, 6.45) is 3.65. The van der Waals surface area contributed by atoms with Gasteiger partial charge in [-0.2, -0.15) is 10.2 Å². The first kappa shape index (κ1) is 18.9.